The first-order valence-electron chi connectivity index (χ1n) is 5.91. The standard InChI is InChI=1S/C12H15N5O2S/c1-6(18)10-9(13)8(11(19)14-2)12(20-10)15-3-7-4-16-17-5-7/h4-5,15H,3,13H2,1-2H3,(H,14,19)(H,16,17). The summed E-state index contributed by atoms with van der Waals surface area (Å²) >= 11 is 1.18. The zero-order valence-electron chi connectivity index (χ0n) is 11.1. The molecule has 20 heavy (non-hydrogen) atoms. The van der Waals surface area contributed by atoms with E-state index in [1.54, 1.807) is 12.4 Å². The molecule has 8 heteroatoms. The van der Waals surface area contributed by atoms with E-state index in [0.29, 0.717) is 22.0 Å². The molecular weight excluding hydrogens is 278 g/mol. The van der Waals surface area contributed by atoms with Crippen molar-refractivity contribution in [3.05, 3.63) is 28.4 Å². The summed E-state index contributed by atoms with van der Waals surface area (Å²) in [6, 6.07) is 0. The number of rotatable bonds is 5. The van der Waals surface area contributed by atoms with E-state index in [9.17, 15) is 9.59 Å². The lowest BCUT2D eigenvalue weighted by Crippen LogP contribution is -2.20. The molecule has 7 nitrogen and oxygen atoms in total. The minimum absolute atomic E-state index is 0.158. The molecule has 0 saturated carbocycles. The molecule has 2 heterocycles. The highest BCUT2D eigenvalue weighted by Gasteiger charge is 2.23. The highest BCUT2D eigenvalue weighted by molar-refractivity contribution is 7.19. The number of aromatic nitrogens is 2. The summed E-state index contributed by atoms with van der Waals surface area (Å²) in [7, 11) is 1.52. The number of carbonyl (C=O) groups excluding carboxylic acids is 2. The van der Waals surface area contributed by atoms with Crippen LogP contribution in [0.15, 0.2) is 12.4 Å². The van der Waals surface area contributed by atoms with E-state index in [1.165, 1.54) is 25.3 Å². The van der Waals surface area contributed by atoms with Crippen molar-refractivity contribution in [2.24, 2.45) is 0 Å². The van der Waals surface area contributed by atoms with Gasteiger partial charge in [-0.15, -0.1) is 11.3 Å². The molecular formula is C12H15N5O2S. The second-order valence-corrected chi connectivity index (χ2v) is 5.17. The second kappa shape index (κ2) is 5.74. The Kier molecular flexibility index (Phi) is 4.04. The van der Waals surface area contributed by atoms with E-state index < -0.39 is 0 Å². The molecule has 1 amide bonds. The first-order chi connectivity index (χ1) is 9.54. The van der Waals surface area contributed by atoms with Crippen LogP contribution in [0.3, 0.4) is 0 Å². The van der Waals surface area contributed by atoms with Crippen LogP contribution in [-0.4, -0.2) is 28.9 Å². The summed E-state index contributed by atoms with van der Waals surface area (Å²) in [6.07, 6.45) is 3.42. The van der Waals surface area contributed by atoms with E-state index in [-0.39, 0.29) is 17.4 Å². The van der Waals surface area contributed by atoms with Gasteiger partial charge in [0.05, 0.1) is 22.3 Å². The number of anilines is 2. The first kappa shape index (κ1) is 14.1. The monoisotopic (exact) mass is 293 g/mol. The molecule has 0 fully saturated rings. The number of nitrogens with zero attached hydrogens (tertiary/aromatic N) is 1. The SMILES string of the molecule is CNC(=O)c1c(NCc2cn[nH]c2)sc(C(C)=O)c1N. The Labute approximate surface area is 119 Å². The normalized spacial score (nSPS) is 10.3. The van der Waals surface area contributed by atoms with E-state index in [0.717, 1.165) is 5.56 Å². The van der Waals surface area contributed by atoms with E-state index in [2.05, 4.69) is 20.8 Å². The molecule has 0 unspecified atom stereocenters. The highest BCUT2D eigenvalue weighted by Crippen LogP contribution is 2.36. The van der Waals surface area contributed by atoms with Crippen LogP contribution < -0.4 is 16.4 Å². The number of ketones is 1. The quantitative estimate of drug-likeness (QED) is 0.619. The van der Waals surface area contributed by atoms with Crippen molar-refractivity contribution in [3.63, 3.8) is 0 Å². The average Bonchev–Trinajstić information content (AvgIpc) is 3.03. The lowest BCUT2D eigenvalue weighted by molar-refractivity contribution is 0.0965. The third kappa shape index (κ3) is 2.64. The van der Waals surface area contributed by atoms with Crippen molar-refractivity contribution in [2.75, 3.05) is 18.1 Å². The lowest BCUT2D eigenvalue weighted by Gasteiger charge is -2.05. The van der Waals surface area contributed by atoms with Gasteiger partial charge in [-0.3, -0.25) is 14.7 Å². The summed E-state index contributed by atoms with van der Waals surface area (Å²) in [5.74, 6) is -0.477. The maximum absolute atomic E-state index is 11.9. The summed E-state index contributed by atoms with van der Waals surface area (Å²) in [5, 5.41) is 12.8. The number of hydrogen-bond acceptors (Lipinski definition) is 6. The molecule has 0 spiro atoms. The Morgan fingerprint density at radius 1 is 1.50 bits per heavy atom. The Morgan fingerprint density at radius 2 is 2.25 bits per heavy atom. The maximum Gasteiger partial charge on any atom is 0.256 e. The topological polar surface area (TPSA) is 113 Å². The molecule has 106 valence electrons. The van der Waals surface area contributed by atoms with Gasteiger partial charge in [0.25, 0.3) is 5.91 Å². The fourth-order valence-electron chi connectivity index (χ4n) is 1.74. The van der Waals surface area contributed by atoms with Gasteiger partial charge >= 0.3 is 0 Å². The molecule has 0 atom stereocenters. The maximum atomic E-state index is 11.9. The number of H-pyrrole nitrogens is 1. The third-order valence-electron chi connectivity index (χ3n) is 2.73. The van der Waals surface area contributed by atoms with E-state index in [1.807, 2.05) is 0 Å². The number of Topliss-reactive ketones (excluding diaryl/α,β-unsaturated/α-hetero) is 1. The van der Waals surface area contributed by atoms with Crippen molar-refractivity contribution in [1.29, 1.82) is 0 Å². The molecule has 0 aliphatic heterocycles. The fraction of sp³-hybridized carbons (Fsp3) is 0.250. The zero-order valence-corrected chi connectivity index (χ0v) is 11.9. The second-order valence-electron chi connectivity index (χ2n) is 4.14. The molecule has 0 bridgehead atoms. The van der Waals surface area contributed by atoms with Crippen LogP contribution in [0, 0.1) is 0 Å². The molecule has 2 aromatic heterocycles. The van der Waals surface area contributed by atoms with Crippen LogP contribution in [0.4, 0.5) is 10.7 Å². The van der Waals surface area contributed by atoms with Crippen LogP contribution >= 0.6 is 11.3 Å². The van der Waals surface area contributed by atoms with Gasteiger partial charge in [0, 0.05) is 32.3 Å². The van der Waals surface area contributed by atoms with Gasteiger partial charge < -0.3 is 16.4 Å². The number of carbonyl (C=O) groups is 2. The third-order valence-corrected chi connectivity index (χ3v) is 3.99. The number of aromatic amines is 1. The molecule has 0 aromatic carbocycles. The Hall–Kier alpha value is -2.35. The van der Waals surface area contributed by atoms with Crippen LogP contribution in [0.2, 0.25) is 0 Å². The summed E-state index contributed by atoms with van der Waals surface area (Å²) in [4.78, 5) is 23.8. The van der Waals surface area contributed by atoms with E-state index in [4.69, 9.17) is 5.73 Å². The number of amides is 1. The minimum Gasteiger partial charge on any atom is -0.397 e. The average molecular weight is 293 g/mol. The van der Waals surface area contributed by atoms with Crippen LogP contribution in [0.1, 0.15) is 32.5 Å². The number of nitrogens with two attached hydrogens (primary N) is 1. The summed E-state index contributed by atoms with van der Waals surface area (Å²) in [6.45, 7) is 1.91. The van der Waals surface area contributed by atoms with Gasteiger partial charge in [0.2, 0.25) is 0 Å². The van der Waals surface area contributed by atoms with Crippen molar-refractivity contribution in [3.8, 4) is 0 Å². The number of nitrogens with one attached hydrogen (secondary N) is 3. The molecule has 0 saturated heterocycles. The summed E-state index contributed by atoms with van der Waals surface area (Å²) in [5.41, 5.74) is 7.37. The predicted octanol–water partition coefficient (Wildman–Crippen LogP) is 1.23. The Bertz CT molecular complexity index is 633. The molecule has 2 rings (SSSR count). The van der Waals surface area contributed by atoms with Gasteiger partial charge in [-0.2, -0.15) is 5.10 Å². The molecule has 5 N–H and O–H groups in total. The smallest absolute Gasteiger partial charge is 0.256 e. The van der Waals surface area contributed by atoms with Crippen LogP contribution in [-0.2, 0) is 6.54 Å². The zero-order chi connectivity index (χ0) is 14.7. The predicted molar refractivity (Wildman–Crippen MR) is 78.0 cm³/mol. The number of thiophene rings is 1. The largest absolute Gasteiger partial charge is 0.397 e. The first-order valence-corrected chi connectivity index (χ1v) is 6.73. The van der Waals surface area contributed by atoms with Crippen molar-refractivity contribution < 1.29 is 9.59 Å². The van der Waals surface area contributed by atoms with Gasteiger partial charge in [0.15, 0.2) is 5.78 Å². The Balaban J connectivity index is 2.32. The van der Waals surface area contributed by atoms with E-state index >= 15 is 0 Å². The molecule has 2 aromatic rings. The Morgan fingerprint density at radius 3 is 2.80 bits per heavy atom. The highest BCUT2D eigenvalue weighted by atomic mass is 32.1. The lowest BCUT2D eigenvalue weighted by atomic mass is 10.2. The number of nitrogen functional groups attached to an aromatic ring is 1. The van der Waals surface area contributed by atoms with Gasteiger partial charge in [-0.05, 0) is 0 Å². The van der Waals surface area contributed by atoms with Crippen molar-refractivity contribution in [1.82, 2.24) is 15.5 Å². The molecule has 0 radical (unpaired) electrons. The summed E-state index contributed by atoms with van der Waals surface area (Å²) < 4.78 is 0. The molecule has 0 aliphatic rings. The van der Waals surface area contributed by atoms with Gasteiger partial charge in [0.1, 0.15) is 5.00 Å². The minimum atomic E-state index is -0.319. The van der Waals surface area contributed by atoms with Crippen LogP contribution in [0.5, 0.6) is 0 Å². The van der Waals surface area contributed by atoms with Crippen molar-refractivity contribution >= 4 is 33.7 Å². The van der Waals surface area contributed by atoms with Crippen molar-refractivity contribution in [2.45, 2.75) is 13.5 Å². The van der Waals surface area contributed by atoms with Gasteiger partial charge in [-0.25, -0.2) is 0 Å². The fourth-order valence-corrected chi connectivity index (χ4v) is 2.75. The molecule has 0 aliphatic carbocycles. The number of hydrogen-bond donors (Lipinski definition) is 4. The van der Waals surface area contributed by atoms with Crippen LogP contribution in [0.25, 0.3) is 0 Å². The van der Waals surface area contributed by atoms with Gasteiger partial charge in [-0.1, -0.05) is 0 Å².